The molecule has 35 heavy (non-hydrogen) atoms. The maximum absolute atomic E-state index is 13.4. The van der Waals surface area contributed by atoms with Gasteiger partial charge in [0.1, 0.15) is 17.7 Å². The minimum atomic E-state index is -0.999. The number of aromatic nitrogens is 3. The number of aromatic amines is 1. The number of carboxylic acids is 1. The summed E-state index contributed by atoms with van der Waals surface area (Å²) >= 11 is 5.76. The lowest BCUT2D eigenvalue weighted by molar-refractivity contribution is 0.0696. The van der Waals surface area contributed by atoms with Crippen molar-refractivity contribution >= 4 is 46.1 Å². The molecule has 1 aliphatic rings. The highest BCUT2D eigenvalue weighted by Crippen LogP contribution is 2.32. The predicted octanol–water partition coefficient (Wildman–Crippen LogP) is 4.12. The molecule has 0 spiro atoms. The Hall–Kier alpha value is -4.31. The lowest BCUT2D eigenvalue weighted by Gasteiger charge is -2.14. The number of rotatable bonds is 5. The molecule has 2 heterocycles. The quantitative estimate of drug-likeness (QED) is 0.330. The van der Waals surface area contributed by atoms with E-state index in [2.05, 4.69) is 25.6 Å². The summed E-state index contributed by atoms with van der Waals surface area (Å²) in [4.78, 5) is 48.1. The average Bonchev–Trinajstić information content (AvgIpc) is 3.44. The highest BCUT2D eigenvalue weighted by atomic mass is 35.5. The van der Waals surface area contributed by atoms with E-state index in [4.69, 9.17) is 11.6 Å². The molecular formula is C24H17ClFN5O4. The molecule has 2 aromatic carbocycles. The van der Waals surface area contributed by atoms with Crippen LogP contribution in [0.4, 0.5) is 10.1 Å². The fourth-order valence-corrected chi connectivity index (χ4v) is 4.35. The maximum atomic E-state index is 13.4. The molecule has 0 bridgehead atoms. The van der Waals surface area contributed by atoms with Gasteiger partial charge in [0.15, 0.2) is 5.69 Å². The molecule has 4 N–H and O–H groups in total. The van der Waals surface area contributed by atoms with Crippen molar-refractivity contribution < 1.29 is 23.9 Å². The van der Waals surface area contributed by atoms with Crippen LogP contribution in [0, 0.1) is 5.82 Å². The Morgan fingerprint density at radius 3 is 2.66 bits per heavy atom. The molecule has 11 heteroatoms. The van der Waals surface area contributed by atoms with Gasteiger partial charge in [0.25, 0.3) is 11.8 Å². The van der Waals surface area contributed by atoms with E-state index >= 15 is 0 Å². The van der Waals surface area contributed by atoms with Crippen LogP contribution in [0.1, 0.15) is 54.8 Å². The Bertz CT molecular complexity index is 1520. The smallest absolute Gasteiger partial charge is 0.335 e. The Kier molecular flexibility index (Phi) is 5.65. The summed E-state index contributed by atoms with van der Waals surface area (Å²) in [5.41, 5.74) is 3.17. The molecule has 176 valence electrons. The number of hydrogen-bond donors (Lipinski definition) is 4. The van der Waals surface area contributed by atoms with Crippen molar-refractivity contribution in [1.29, 1.82) is 0 Å². The number of carbonyl (C=O) groups excluding carboxylic acids is 2. The molecule has 0 radical (unpaired) electrons. The lowest BCUT2D eigenvalue weighted by Crippen LogP contribution is -2.28. The van der Waals surface area contributed by atoms with E-state index in [-0.39, 0.29) is 27.9 Å². The first-order valence-corrected chi connectivity index (χ1v) is 10.9. The normalized spacial score (nSPS) is 14.5. The summed E-state index contributed by atoms with van der Waals surface area (Å²) in [5.74, 6) is -2.60. The number of fused-ring (bicyclic) bond motifs is 2. The molecule has 0 unspecified atom stereocenters. The largest absolute Gasteiger partial charge is 0.478 e. The number of nitrogens with zero attached hydrogens (tertiary/aromatic N) is 2. The van der Waals surface area contributed by atoms with Crippen LogP contribution in [0.25, 0.3) is 11.0 Å². The highest BCUT2D eigenvalue weighted by Gasteiger charge is 2.27. The molecule has 1 aliphatic carbocycles. The number of H-pyrrole nitrogens is 1. The van der Waals surface area contributed by atoms with Gasteiger partial charge in [-0.3, -0.25) is 9.59 Å². The zero-order chi connectivity index (χ0) is 24.7. The van der Waals surface area contributed by atoms with Gasteiger partial charge >= 0.3 is 5.97 Å². The van der Waals surface area contributed by atoms with E-state index in [0.29, 0.717) is 29.6 Å². The second-order valence-corrected chi connectivity index (χ2v) is 8.42. The van der Waals surface area contributed by atoms with Crippen LogP contribution in [-0.4, -0.2) is 37.8 Å². The number of hydrogen-bond acceptors (Lipinski definition) is 5. The van der Waals surface area contributed by atoms with Crippen LogP contribution in [0.15, 0.2) is 48.9 Å². The van der Waals surface area contributed by atoms with E-state index in [9.17, 15) is 23.9 Å². The van der Waals surface area contributed by atoms with Gasteiger partial charge in [-0.25, -0.2) is 19.2 Å². The number of anilines is 1. The van der Waals surface area contributed by atoms with Crippen molar-refractivity contribution in [2.75, 3.05) is 5.32 Å². The third kappa shape index (κ3) is 4.19. The molecule has 2 aromatic heterocycles. The molecule has 4 aromatic rings. The fraction of sp³-hybridized carbons (Fsp3) is 0.125. The molecule has 9 nitrogen and oxygen atoms in total. The minimum Gasteiger partial charge on any atom is -0.478 e. The van der Waals surface area contributed by atoms with Crippen molar-refractivity contribution in [2.24, 2.45) is 0 Å². The molecule has 5 rings (SSSR count). The second-order valence-electron chi connectivity index (χ2n) is 8.01. The van der Waals surface area contributed by atoms with Gasteiger partial charge in [-0.2, -0.15) is 0 Å². The Balaban J connectivity index is 1.37. The maximum Gasteiger partial charge on any atom is 0.335 e. The van der Waals surface area contributed by atoms with Crippen molar-refractivity contribution in [1.82, 2.24) is 20.3 Å². The Morgan fingerprint density at radius 2 is 1.89 bits per heavy atom. The number of amides is 2. The molecular weight excluding hydrogens is 477 g/mol. The molecule has 0 saturated heterocycles. The average molecular weight is 494 g/mol. The summed E-state index contributed by atoms with van der Waals surface area (Å²) in [5, 5.41) is 14.6. The Morgan fingerprint density at radius 1 is 1.09 bits per heavy atom. The van der Waals surface area contributed by atoms with Gasteiger partial charge in [-0.05, 0) is 54.3 Å². The molecule has 0 fully saturated rings. The number of carbonyl (C=O) groups is 3. The fourth-order valence-electron chi connectivity index (χ4n) is 4.17. The van der Waals surface area contributed by atoms with Gasteiger partial charge < -0.3 is 20.7 Å². The molecule has 2 amide bonds. The van der Waals surface area contributed by atoms with E-state index < -0.39 is 23.6 Å². The molecule has 1 atom stereocenters. The summed E-state index contributed by atoms with van der Waals surface area (Å²) in [6.45, 7) is 0. The first-order valence-electron chi connectivity index (χ1n) is 10.6. The van der Waals surface area contributed by atoms with E-state index in [1.54, 1.807) is 12.1 Å². The topological polar surface area (TPSA) is 137 Å². The van der Waals surface area contributed by atoms with E-state index in [0.717, 1.165) is 17.2 Å². The first kappa shape index (κ1) is 22.5. The van der Waals surface area contributed by atoms with Crippen molar-refractivity contribution in [2.45, 2.75) is 18.9 Å². The van der Waals surface area contributed by atoms with Crippen molar-refractivity contribution in [3.05, 3.63) is 87.7 Å². The minimum absolute atomic E-state index is 0.0935. The summed E-state index contributed by atoms with van der Waals surface area (Å²) in [6.07, 6.45) is 3.98. The third-order valence-corrected chi connectivity index (χ3v) is 6.17. The SMILES string of the molecule is O=C(O)c1ccc2c(c1)CC[C@@H]2NC(=O)c1ncnc2c(NC(=O)c3ccc(F)c(Cl)c3)c[nH]c12. The zero-order valence-corrected chi connectivity index (χ0v) is 18.7. The van der Waals surface area contributed by atoms with Crippen LogP contribution in [0.2, 0.25) is 5.02 Å². The monoisotopic (exact) mass is 493 g/mol. The summed E-state index contributed by atoms with van der Waals surface area (Å²) in [6, 6.07) is 8.19. The second kappa shape index (κ2) is 8.80. The van der Waals surface area contributed by atoms with Crippen LogP contribution >= 0.6 is 11.6 Å². The summed E-state index contributed by atoms with van der Waals surface area (Å²) < 4.78 is 13.4. The molecule has 0 aliphatic heterocycles. The van der Waals surface area contributed by atoms with Crippen LogP contribution in [0.3, 0.4) is 0 Å². The number of nitrogens with one attached hydrogen (secondary N) is 3. The third-order valence-electron chi connectivity index (χ3n) is 5.88. The number of carboxylic acid groups (broad SMARTS) is 1. The predicted molar refractivity (Wildman–Crippen MR) is 125 cm³/mol. The number of aromatic carboxylic acids is 1. The van der Waals surface area contributed by atoms with E-state index in [1.807, 2.05) is 0 Å². The van der Waals surface area contributed by atoms with Crippen molar-refractivity contribution in [3.63, 3.8) is 0 Å². The van der Waals surface area contributed by atoms with Crippen LogP contribution in [-0.2, 0) is 6.42 Å². The van der Waals surface area contributed by atoms with E-state index in [1.165, 1.54) is 30.7 Å². The zero-order valence-electron chi connectivity index (χ0n) is 17.9. The first-order chi connectivity index (χ1) is 16.8. The van der Waals surface area contributed by atoms with Crippen molar-refractivity contribution in [3.8, 4) is 0 Å². The van der Waals surface area contributed by atoms with Gasteiger partial charge in [0, 0.05) is 11.8 Å². The molecule has 0 saturated carbocycles. The lowest BCUT2D eigenvalue weighted by atomic mass is 10.0. The highest BCUT2D eigenvalue weighted by molar-refractivity contribution is 6.31. The summed E-state index contributed by atoms with van der Waals surface area (Å²) in [7, 11) is 0. The Labute approximate surface area is 202 Å². The number of halogens is 2. The van der Waals surface area contributed by atoms with Gasteiger partial charge in [-0.1, -0.05) is 17.7 Å². The van der Waals surface area contributed by atoms with Crippen LogP contribution in [0.5, 0.6) is 0 Å². The van der Waals surface area contributed by atoms with Gasteiger partial charge in [0.05, 0.1) is 27.8 Å². The standard InChI is InChI=1S/C24H17ClFN5O4/c25-15-8-12(2-5-16(15)26)22(32)31-18-9-27-20-19(18)28-10-29-21(20)23(33)30-17-6-3-11-7-13(24(34)35)1-4-14(11)17/h1-2,4-5,7-10,17,27H,3,6H2,(H,30,33)(H,31,32)(H,34,35)/t17-/m0/s1. The number of aryl methyl sites for hydroxylation is 1. The number of benzene rings is 2. The van der Waals surface area contributed by atoms with Gasteiger partial charge in [0.2, 0.25) is 0 Å². The van der Waals surface area contributed by atoms with Crippen LogP contribution < -0.4 is 10.6 Å². The van der Waals surface area contributed by atoms with Gasteiger partial charge in [-0.15, -0.1) is 0 Å².